The zero-order valence-electron chi connectivity index (χ0n) is 11.2. The summed E-state index contributed by atoms with van der Waals surface area (Å²) in [6.07, 6.45) is 3.71. The van der Waals surface area contributed by atoms with E-state index >= 15 is 0 Å². The van der Waals surface area contributed by atoms with E-state index in [2.05, 4.69) is 15.8 Å². The van der Waals surface area contributed by atoms with Gasteiger partial charge in [0, 0.05) is 30.6 Å². The van der Waals surface area contributed by atoms with Crippen molar-refractivity contribution in [1.82, 2.24) is 15.8 Å². The molecule has 4 unspecified atom stereocenters. The Hall–Kier alpha value is -1.59. The van der Waals surface area contributed by atoms with Crippen LogP contribution in [0.1, 0.15) is 19.3 Å². The second-order valence-electron chi connectivity index (χ2n) is 6.20. The molecule has 2 aromatic rings. The van der Waals surface area contributed by atoms with Gasteiger partial charge in [-0.05, 0) is 31.4 Å². The van der Waals surface area contributed by atoms with Crippen LogP contribution in [0.3, 0.4) is 0 Å². The molecule has 0 saturated carbocycles. The lowest BCUT2D eigenvalue weighted by molar-refractivity contribution is 0.302. The number of hydrogen-bond acceptors (Lipinski definition) is 5. The molecule has 4 heterocycles. The number of aromatic nitrogens is 1. The fraction of sp³-hybridized carbons (Fsp3) is 0.533. The topological polar surface area (TPSA) is 53.3 Å². The molecule has 0 radical (unpaired) electrons. The largest absolute Gasteiger partial charge is 0.423 e. The summed E-state index contributed by atoms with van der Waals surface area (Å²) in [5.41, 5.74) is 8.61. The van der Waals surface area contributed by atoms with Crippen LogP contribution in [0.15, 0.2) is 28.7 Å². The summed E-state index contributed by atoms with van der Waals surface area (Å²) in [7, 11) is 0. The Morgan fingerprint density at radius 1 is 1.25 bits per heavy atom. The van der Waals surface area contributed by atoms with Crippen LogP contribution in [-0.4, -0.2) is 29.7 Å². The van der Waals surface area contributed by atoms with Gasteiger partial charge in [0.05, 0.1) is 0 Å². The van der Waals surface area contributed by atoms with Gasteiger partial charge in [-0.15, -0.1) is 0 Å². The Morgan fingerprint density at radius 2 is 2.20 bits per heavy atom. The van der Waals surface area contributed by atoms with Crippen molar-refractivity contribution >= 4 is 17.1 Å². The average Bonchev–Trinajstić information content (AvgIpc) is 3.15. The fourth-order valence-electron chi connectivity index (χ4n) is 4.32. The fourth-order valence-corrected chi connectivity index (χ4v) is 4.32. The molecule has 5 heteroatoms. The van der Waals surface area contributed by atoms with E-state index in [4.69, 9.17) is 9.40 Å². The van der Waals surface area contributed by atoms with Gasteiger partial charge < -0.3 is 9.32 Å². The minimum absolute atomic E-state index is 0.564. The minimum Gasteiger partial charge on any atom is -0.423 e. The van der Waals surface area contributed by atoms with E-state index in [0.29, 0.717) is 24.0 Å². The van der Waals surface area contributed by atoms with Gasteiger partial charge in [-0.3, -0.25) is 10.9 Å². The molecule has 1 aromatic heterocycles. The lowest BCUT2D eigenvalue weighted by Crippen LogP contribution is -2.52. The third kappa shape index (κ3) is 1.42. The first-order chi connectivity index (χ1) is 9.90. The summed E-state index contributed by atoms with van der Waals surface area (Å²) < 4.78 is 6.01. The Balaban J connectivity index is 1.57. The zero-order chi connectivity index (χ0) is 13.1. The Bertz CT molecular complexity index is 621. The normalized spacial score (nSPS) is 35.7. The molecule has 3 saturated heterocycles. The van der Waals surface area contributed by atoms with Gasteiger partial charge in [0.25, 0.3) is 6.01 Å². The number of piperidine rings is 1. The van der Waals surface area contributed by atoms with Crippen molar-refractivity contribution in [1.29, 1.82) is 0 Å². The standard InChI is InChI=1S/C15H18N4O/c1-2-4-14-11(3-1)17-15(20-14)19-9-5-6-13(19)10-8-16-18-12(10)7-9/h1-4,9-10,12-13,16,18H,5-8H2. The molecule has 4 atom stereocenters. The van der Waals surface area contributed by atoms with Crippen LogP contribution < -0.4 is 15.8 Å². The number of fused-ring (bicyclic) bond motifs is 5. The van der Waals surface area contributed by atoms with Gasteiger partial charge >= 0.3 is 0 Å². The van der Waals surface area contributed by atoms with Gasteiger partial charge in [0.15, 0.2) is 5.58 Å². The molecule has 1 aromatic carbocycles. The molecule has 3 aliphatic heterocycles. The maximum atomic E-state index is 6.01. The first-order valence-corrected chi connectivity index (χ1v) is 7.52. The number of hydrazine groups is 1. The number of hydrogen-bond donors (Lipinski definition) is 2. The molecule has 0 spiro atoms. The van der Waals surface area contributed by atoms with Crippen molar-refractivity contribution < 1.29 is 4.42 Å². The van der Waals surface area contributed by atoms with Crippen LogP contribution in [0.25, 0.3) is 11.1 Å². The number of oxazole rings is 1. The summed E-state index contributed by atoms with van der Waals surface area (Å²) >= 11 is 0. The van der Waals surface area contributed by atoms with Crippen molar-refractivity contribution in [3.8, 4) is 0 Å². The third-order valence-corrected chi connectivity index (χ3v) is 5.21. The van der Waals surface area contributed by atoms with Crippen LogP contribution in [0.2, 0.25) is 0 Å². The summed E-state index contributed by atoms with van der Waals surface area (Å²) in [6.45, 7) is 1.05. The monoisotopic (exact) mass is 270 g/mol. The molecular weight excluding hydrogens is 252 g/mol. The predicted molar refractivity (Wildman–Crippen MR) is 76.3 cm³/mol. The van der Waals surface area contributed by atoms with E-state index < -0.39 is 0 Å². The molecule has 5 rings (SSSR count). The van der Waals surface area contributed by atoms with E-state index in [1.807, 2.05) is 24.3 Å². The number of benzene rings is 1. The first kappa shape index (κ1) is 11.1. The zero-order valence-corrected chi connectivity index (χ0v) is 11.2. The molecule has 5 nitrogen and oxygen atoms in total. The van der Waals surface area contributed by atoms with Crippen LogP contribution in [0, 0.1) is 5.92 Å². The van der Waals surface area contributed by atoms with Crippen LogP contribution in [0.5, 0.6) is 0 Å². The highest BCUT2D eigenvalue weighted by molar-refractivity contribution is 5.74. The molecule has 20 heavy (non-hydrogen) atoms. The highest BCUT2D eigenvalue weighted by Crippen LogP contribution is 2.43. The van der Waals surface area contributed by atoms with E-state index in [-0.39, 0.29) is 0 Å². The molecule has 3 fully saturated rings. The van der Waals surface area contributed by atoms with Gasteiger partial charge in [0.2, 0.25) is 0 Å². The van der Waals surface area contributed by atoms with Crippen molar-refractivity contribution in [2.45, 2.75) is 37.4 Å². The molecule has 2 N–H and O–H groups in total. The van der Waals surface area contributed by atoms with Gasteiger partial charge in [-0.2, -0.15) is 4.98 Å². The maximum absolute atomic E-state index is 6.01. The summed E-state index contributed by atoms with van der Waals surface area (Å²) in [4.78, 5) is 7.16. The van der Waals surface area contributed by atoms with Crippen molar-refractivity contribution in [2.75, 3.05) is 11.4 Å². The van der Waals surface area contributed by atoms with Crippen molar-refractivity contribution in [2.24, 2.45) is 5.92 Å². The van der Waals surface area contributed by atoms with Gasteiger partial charge in [-0.25, -0.2) is 0 Å². The maximum Gasteiger partial charge on any atom is 0.298 e. The predicted octanol–water partition coefficient (Wildman–Crippen LogP) is 1.66. The minimum atomic E-state index is 0.564. The molecular formula is C15H18N4O. The number of para-hydroxylation sites is 2. The van der Waals surface area contributed by atoms with E-state index in [1.165, 1.54) is 19.3 Å². The quantitative estimate of drug-likeness (QED) is 0.825. The second kappa shape index (κ2) is 3.96. The highest BCUT2D eigenvalue weighted by Gasteiger charge is 2.50. The summed E-state index contributed by atoms with van der Waals surface area (Å²) in [5, 5.41) is 0. The summed E-state index contributed by atoms with van der Waals surface area (Å²) in [5.74, 6) is 0.670. The number of rotatable bonds is 1. The Kier molecular flexibility index (Phi) is 2.20. The molecule has 104 valence electrons. The van der Waals surface area contributed by atoms with Crippen LogP contribution in [0.4, 0.5) is 6.01 Å². The average molecular weight is 270 g/mol. The van der Waals surface area contributed by atoms with E-state index in [1.54, 1.807) is 0 Å². The first-order valence-electron chi connectivity index (χ1n) is 7.52. The molecule has 2 bridgehead atoms. The van der Waals surface area contributed by atoms with E-state index in [0.717, 1.165) is 23.7 Å². The second-order valence-corrected chi connectivity index (χ2v) is 6.20. The van der Waals surface area contributed by atoms with Gasteiger partial charge in [0.1, 0.15) is 5.52 Å². The highest BCUT2D eigenvalue weighted by atomic mass is 16.4. The smallest absolute Gasteiger partial charge is 0.298 e. The molecule has 0 amide bonds. The molecule has 0 aliphatic carbocycles. The van der Waals surface area contributed by atoms with Gasteiger partial charge in [-0.1, -0.05) is 12.1 Å². The lowest BCUT2D eigenvalue weighted by Gasteiger charge is -2.40. The summed E-state index contributed by atoms with van der Waals surface area (Å²) in [6, 6.07) is 10.6. The van der Waals surface area contributed by atoms with E-state index in [9.17, 15) is 0 Å². The number of nitrogens with zero attached hydrogens (tertiary/aromatic N) is 2. The lowest BCUT2D eigenvalue weighted by atomic mass is 9.87. The van der Waals surface area contributed by atoms with Crippen molar-refractivity contribution in [3.63, 3.8) is 0 Å². The van der Waals surface area contributed by atoms with Crippen LogP contribution >= 0.6 is 0 Å². The SMILES string of the molecule is c1ccc2oc(N3C4CCC3C3CNNC3C4)nc2c1. The Labute approximate surface area is 117 Å². The molecule has 3 aliphatic rings. The van der Waals surface area contributed by atoms with Crippen LogP contribution in [-0.2, 0) is 0 Å². The number of nitrogens with one attached hydrogen (secondary N) is 2. The van der Waals surface area contributed by atoms with Crippen molar-refractivity contribution in [3.05, 3.63) is 24.3 Å². The third-order valence-electron chi connectivity index (χ3n) is 5.21. The number of anilines is 1. The Morgan fingerprint density at radius 3 is 3.15 bits per heavy atom.